The van der Waals surface area contributed by atoms with Crippen LogP contribution >= 0.6 is 0 Å². The summed E-state index contributed by atoms with van der Waals surface area (Å²) in [4.78, 5) is 15.8. The molecule has 0 amide bonds. The molecule has 0 aliphatic heterocycles. The van der Waals surface area contributed by atoms with E-state index < -0.39 is 19.3 Å². The van der Waals surface area contributed by atoms with Gasteiger partial charge in [0, 0.05) is 23.5 Å². The summed E-state index contributed by atoms with van der Waals surface area (Å²) in [6.07, 6.45) is -4.39. The van der Waals surface area contributed by atoms with Crippen molar-refractivity contribution < 1.29 is 23.1 Å². The summed E-state index contributed by atoms with van der Waals surface area (Å²) in [6.45, 7) is 1.29. The average molecular weight is 278 g/mol. The van der Waals surface area contributed by atoms with E-state index in [1.54, 1.807) is 19.9 Å². The maximum Gasteiger partial charge on any atom is 0.401 e. The molecule has 0 aliphatic rings. The Morgan fingerprint density at radius 3 is 2.47 bits per heavy atom. The standard InChI is InChI=1S/C12H17F3N2O2/c1-8-5-10(9(2)16-8)11(19)6-17(3-4-18)7-12(13,14)15/h5,16,18H,3-4,6-7H2,1-2H3. The molecule has 0 saturated carbocycles. The van der Waals surface area contributed by atoms with Crippen molar-refractivity contribution in [2.45, 2.75) is 20.0 Å². The van der Waals surface area contributed by atoms with Gasteiger partial charge in [-0.3, -0.25) is 9.69 Å². The molecule has 1 heterocycles. The molecule has 108 valence electrons. The van der Waals surface area contributed by atoms with E-state index in [0.717, 1.165) is 10.6 Å². The third-order valence-electron chi connectivity index (χ3n) is 2.64. The van der Waals surface area contributed by atoms with Gasteiger partial charge in [-0.15, -0.1) is 0 Å². The van der Waals surface area contributed by atoms with Gasteiger partial charge >= 0.3 is 6.18 Å². The molecule has 0 spiro atoms. The number of aromatic amines is 1. The molecule has 0 bridgehead atoms. The molecule has 0 aromatic carbocycles. The number of nitrogens with zero attached hydrogens (tertiary/aromatic N) is 1. The molecule has 0 saturated heterocycles. The van der Waals surface area contributed by atoms with Crippen LogP contribution in [-0.4, -0.2) is 53.2 Å². The lowest BCUT2D eigenvalue weighted by Gasteiger charge is -2.21. The summed E-state index contributed by atoms with van der Waals surface area (Å²) in [5, 5.41) is 8.75. The first kappa shape index (κ1) is 15.7. The highest BCUT2D eigenvalue weighted by molar-refractivity contribution is 5.98. The van der Waals surface area contributed by atoms with Crippen LogP contribution in [-0.2, 0) is 0 Å². The molecule has 0 aliphatic carbocycles. The Morgan fingerprint density at radius 2 is 2.05 bits per heavy atom. The van der Waals surface area contributed by atoms with Gasteiger partial charge in [-0.1, -0.05) is 0 Å². The van der Waals surface area contributed by atoms with Crippen molar-refractivity contribution >= 4 is 5.78 Å². The molecule has 4 nitrogen and oxygen atoms in total. The fourth-order valence-electron chi connectivity index (χ4n) is 1.91. The quantitative estimate of drug-likeness (QED) is 0.778. The molecular formula is C12H17F3N2O2. The van der Waals surface area contributed by atoms with Crippen molar-refractivity contribution in [3.8, 4) is 0 Å². The number of carbonyl (C=O) groups is 1. The largest absolute Gasteiger partial charge is 0.401 e. The molecular weight excluding hydrogens is 261 g/mol. The number of alkyl halides is 3. The number of hydrogen-bond acceptors (Lipinski definition) is 3. The Bertz CT molecular complexity index is 441. The predicted molar refractivity (Wildman–Crippen MR) is 64.2 cm³/mol. The monoisotopic (exact) mass is 278 g/mol. The van der Waals surface area contributed by atoms with Crippen LogP contribution < -0.4 is 0 Å². The smallest absolute Gasteiger partial charge is 0.395 e. The third-order valence-corrected chi connectivity index (χ3v) is 2.64. The van der Waals surface area contributed by atoms with Gasteiger partial charge in [-0.2, -0.15) is 13.2 Å². The van der Waals surface area contributed by atoms with Crippen LogP contribution in [0.4, 0.5) is 13.2 Å². The molecule has 0 fully saturated rings. The molecule has 0 radical (unpaired) electrons. The molecule has 0 atom stereocenters. The molecule has 1 rings (SSSR count). The zero-order valence-electron chi connectivity index (χ0n) is 10.8. The Balaban J connectivity index is 2.73. The van der Waals surface area contributed by atoms with E-state index in [9.17, 15) is 18.0 Å². The first-order valence-corrected chi connectivity index (χ1v) is 5.82. The van der Waals surface area contributed by atoms with E-state index in [0.29, 0.717) is 11.3 Å². The predicted octanol–water partition coefficient (Wildman–Crippen LogP) is 1.67. The highest BCUT2D eigenvalue weighted by atomic mass is 19.4. The lowest BCUT2D eigenvalue weighted by molar-refractivity contribution is -0.145. The van der Waals surface area contributed by atoms with E-state index in [2.05, 4.69) is 4.98 Å². The second-order valence-corrected chi connectivity index (χ2v) is 4.46. The van der Waals surface area contributed by atoms with Crippen LogP contribution in [0.1, 0.15) is 21.7 Å². The van der Waals surface area contributed by atoms with Gasteiger partial charge in [0.15, 0.2) is 5.78 Å². The number of aromatic nitrogens is 1. The summed E-state index contributed by atoms with van der Waals surface area (Å²) >= 11 is 0. The summed E-state index contributed by atoms with van der Waals surface area (Å²) in [6, 6.07) is 1.61. The fraction of sp³-hybridized carbons (Fsp3) is 0.583. The minimum Gasteiger partial charge on any atom is -0.395 e. The van der Waals surface area contributed by atoms with E-state index in [1.165, 1.54) is 0 Å². The van der Waals surface area contributed by atoms with Crippen LogP contribution in [0.5, 0.6) is 0 Å². The number of Topliss-reactive ketones (excluding diaryl/α,β-unsaturated/α-hetero) is 1. The number of hydrogen-bond donors (Lipinski definition) is 2. The van der Waals surface area contributed by atoms with Gasteiger partial charge < -0.3 is 10.1 Å². The lowest BCUT2D eigenvalue weighted by Crippen LogP contribution is -2.39. The number of aliphatic hydroxyl groups excluding tert-OH is 1. The zero-order chi connectivity index (χ0) is 14.6. The number of aryl methyl sites for hydroxylation is 2. The van der Waals surface area contributed by atoms with Gasteiger partial charge in [-0.05, 0) is 19.9 Å². The first-order chi connectivity index (χ1) is 8.73. The number of ketones is 1. The SMILES string of the molecule is Cc1cc(C(=O)CN(CCO)CC(F)(F)F)c(C)[nH]1. The topological polar surface area (TPSA) is 56.3 Å². The number of halogens is 3. The van der Waals surface area contributed by atoms with Crippen molar-refractivity contribution in [3.63, 3.8) is 0 Å². The number of H-pyrrole nitrogens is 1. The molecule has 1 aromatic rings. The normalized spacial score (nSPS) is 12.2. The third kappa shape index (κ3) is 5.04. The summed E-state index contributed by atoms with van der Waals surface area (Å²) in [5.41, 5.74) is 1.81. The molecule has 0 unspecified atom stereocenters. The van der Waals surface area contributed by atoms with E-state index >= 15 is 0 Å². The second kappa shape index (κ2) is 6.21. The van der Waals surface area contributed by atoms with Gasteiger partial charge in [0.2, 0.25) is 0 Å². The summed E-state index contributed by atoms with van der Waals surface area (Å²) in [5.74, 6) is -0.389. The van der Waals surface area contributed by atoms with Crippen molar-refractivity contribution in [1.82, 2.24) is 9.88 Å². The maximum absolute atomic E-state index is 12.3. The van der Waals surface area contributed by atoms with Gasteiger partial charge in [-0.25, -0.2) is 0 Å². The van der Waals surface area contributed by atoms with Crippen LogP contribution in [0.25, 0.3) is 0 Å². The minimum atomic E-state index is -4.39. The van der Waals surface area contributed by atoms with E-state index in [-0.39, 0.29) is 18.9 Å². The number of aliphatic hydroxyl groups is 1. The molecule has 7 heteroatoms. The summed E-state index contributed by atoms with van der Waals surface area (Å²) < 4.78 is 37.0. The van der Waals surface area contributed by atoms with Gasteiger partial charge in [0.25, 0.3) is 0 Å². The maximum atomic E-state index is 12.3. The van der Waals surface area contributed by atoms with Crippen LogP contribution in [0.15, 0.2) is 6.07 Å². The Kier molecular flexibility index (Phi) is 5.13. The van der Waals surface area contributed by atoms with Crippen LogP contribution in [0.3, 0.4) is 0 Å². The minimum absolute atomic E-state index is 0.187. The number of rotatable bonds is 6. The molecule has 19 heavy (non-hydrogen) atoms. The Hall–Kier alpha value is -1.34. The summed E-state index contributed by atoms with van der Waals surface area (Å²) in [7, 11) is 0. The van der Waals surface area contributed by atoms with Gasteiger partial charge in [0.1, 0.15) is 0 Å². The van der Waals surface area contributed by atoms with Crippen molar-refractivity contribution in [3.05, 3.63) is 23.0 Å². The van der Waals surface area contributed by atoms with Crippen LogP contribution in [0, 0.1) is 13.8 Å². The van der Waals surface area contributed by atoms with Crippen molar-refractivity contribution in [2.24, 2.45) is 0 Å². The fourth-order valence-corrected chi connectivity index (χ4v) is 1.91. The lowest BCUT2D eigenvalue weighted by atomic mass is 10.1. The van der Waals surface area contributed by atoms with Gasteiger partial charge in [0.05, 0.1) is 19.7 Å². The first-order valence-electron chi connectivity index (χ1n) is 5.82. The van der Waals surface area contributed by atoms with E-state index in [4.69, 9.17) is 5.11 Å². The zero-order valence-corrected chi connectivity index (χ0v) is 10.8. The Labute approximate surface area is 109 Å². The highest BCUT2D eigenvalue weighted by Crippen LogP contribution is 2.17. The highest BCUT2D eigenvalue weighted by Gasteiger charge is 2.31. The van der Waals surface area contributed by atoms with Crippen LogP contribution in [0.2, 0.25) is 0 Å². The average Bonchev–Trinajstić information content (AvgIpc) is 2.55. The van der Waals surface area contributed by atoms with Crippen molar-refractivity contribution in [1.29, 1.82) is 0 Å². The number of nitrogens with one attached hydrogen (secondary N) is 1. The van der Waals surface area contributed by atoms with E-state index in [1.807, 2.05) is 0 Å². The number of carbonyl (C=O) groups excluding carboxylic acids is 1. The molecule has 1 aromatic heterocycles. The van der Waals surface area contributed by atoms with Crippen molar-refractivity contribution in [2.75, 3.05) is 26.2 Å². The second-order valence-electron chi connectivity index (χ2n) is 4.46. The molecule has 2 N–H and O–H groups in total. The Morgan fingerprint density at radius 1 is 1.42 bits per heavy atom.